The Morgan fingerprint density at radius 2 is 1.97 bits per heavy atom. The maximum atomic E-state index is 13.5. The standard InChI is InChI=1S/C22H26N2O5/c1-5-9-13-12-16-18(21(25)24(13)6-2)17(14-10-7-8-11-15(14)27-3)19(20(23)29-16)22(26)28-4/h7-8,10-12,17H,5-6,9,23H2,1-4H3. The molecule has 3 rings (SSSR count). The lowest BCUT2D eigenvalue weighted by Crippen LogP contribution is -2.35. The summed E-state index contributed by atoms with van der Waals surface area (Å²) < 4.78 is 17.9. The number of pyridine rings is 1. The second-order valence-corrected chi connectivity index (χ2v) is 6.76. The van der Waals surface area contributed by atoms with Crippen LogP contribution in [0.2, 0.25) is 0 Å². The molecule has 29 heavy (non-hydrogen) atoms. The van der Waals surface area contributed by atoms with E-state index in [0.29, 0.717) is 29.2 Å². The summed E-state index contributed by atoms with van der Waals surface area (Å²) in [5.41, 5.74) is 7.89. The number of carbonyl (C=O) groups excluding carboxylic acids is 1. The van der Waals surface area contributed by atoms with Crippen molar-refractivity contribution in [1.29, 1.82) is 0 Å². The average Bonchev–Trinajstić information content (AvgIpc) is 2.72. The van der Waals surface area contributed by atoms with Crippen LogP contribution < -0.4 is 20.8 Å². The number of rotatable bonds is 6. The van der Waals surface area contributed by atoms with E-state index in [0.717, 1.165) is 18.5 Å². The normalized spacial score (nSPS) is 15.5. The molecule has 1 aliphatic rings. The van der Waals surface area contributed by atoms with Gasteiger partial charge in [-0.05, 0) is 19.4 Å². The van der Waals surface area contributed by atoms with Crippen molar-refractivity contribution in [2.24, 2.45) is 5.73 Å². The SMILES string of the molecule is CCCc1cc2c(c(=O)n1CC)C(c1ccccc1OC)C(C(=O)OC)=C(N)O2. The molecule has 1 aliphatic heterocycles. The van der Waals surface area contributed by atoms with E-state index in [1.165, 1.54) is 7.11 Å². The monoisotopic (exact) mass is 398 g/mol. The predicted octanol–water partition coefficient (Wildman–Crippen LogP) is 2.70. The van der Waals surface area contributed by atoms with E-state index in [9.17, 15) is 9.59 Å². The molecule has 1 aromatic heterocycles. The number of hydrogen-bond donors (Lipinski definition) is 1. The van der Waals surface area contributed by atoms with Crippen molar-refractivity contribution in [1.82, 2.24) is 4.57 Å². The van der Waals surface area contributed by atoms with Crippen LogP contribution >= 0.6 is 0 Å². The zero-order chi connectivity index (χ0) is 21.1. The van der Waals surface area contributed by atoms with Crippen molar-refractivity contribution in [2.45, 2.75) is 39.2 Å². The first-order valence-corrected chi connectivity index (χ1v) is 9.63. The molecule has 2 N–H and O–H groups in total. The van der Waals surface area contributed by atoms with Crippen LogP contribution in [-0.4, -0.2) is 24.8 Å². The quantitative estimate of drug-likeness (QED) is 0.752. The highest BCUT2D eigenvalue weighted by atomic mass is 16.5. The molecule has 2 heterocycles. The Morgan fingerprint density at radius 3 is 2.59 bits per heavy atom. The van der Waals surface area contributed by atoms with Crippen molar-refractivity contribution in [3.8, 4) is 11.5 Å². The number of aromatic nitrogens is 1. The first-order valence-electron chi connectivity index (χ1n) is 9.63. The molecule has 0 amide bonds. The van der Waals surface area contributed by atoms with Gasteiger partial charge in [0.15, 0.2) is 0 Å². The van der Waals surface area contributed by atoms with Gasteiger partial charge in [-0.15, -0.1) is 0 Å². The smallest absolute Gasteiger partial charge is 0.340 e. The van der Waals surface area contributed by atoms with Gasteiger partial charge >= 0.3 is 5.97 Å². The summed E-state index contributed by atoms with van der Waals surface area (Å²) in [5.74, 6) is -0.576. The van der Waals surface area contributed by atoms with Gasteiger partial charge in [0, 0.05) is 23.9 Å². The maximum Gasteiger partial charge on any atom is 0.340 e. The molecule has 0 saturated carbocycles. The van der Waals surface area contributed by atoms with E-state index in [4.69, 9.17) is 19.9 Å². The number of para-hydroxylation sites is 1. The Kier molecular flexibility index (Phi) is 5.96. The van der Waals surface area contributed by atoms with Crippen LogP contribution in [0.4, 0.5) is 0 Å². The highest BCUT2D eigenvalue weighted by molar-refractivity contribution is 5.92. The van der Waals surface area contributed by atoms with E-state index in [1.54, 1.807) is 17.7 Å². The molecule has 0 bridgehead atoms. The first kappa shape index (κ1) is 20.5. The molecule has 0 aliphatic carbocycles. The Balaban J connectivity index is 2.37. The summed E-state index contributed by atoms with van der Waals surface area (Å²) in [4.78, 5) is 26.1. The number of nitrogens with two attached hydrogens (primary N) is 1. The van der Waals surface area contributed by atoms with Crippen LogP contribution in [0.5, 0.6) is 11.5 Å². The number of carbonyl (C=O) groups is 1. The summed E-state index contributed by atoms with van der Waals surface area (Å²) in [6, 6.07) is 9.07. The molecule has 1 aromatic carbocycles. The zero-order valence-corrected chi connectivity index (χ0v) is 17.2. The average molecular weight is 398 g/mol. The largest absolute Gasteiger partial charge is 0.496 e. The fraction of sp³-hybridized carbons (Fsp3) is 0.364. The van der Waals surface area contributed by atoms with Crippen LogP contribution in [0.25, 0.3) is 0 Å². The number of methoxy groups -OCH3 is 2. The number of aryl methyl sites for hydroxylation is 1. The van der Waals surface area contributed by atoms with E-state index in [1.807, 2.05) is 38.1 Å². The molecule has 0 fully saturated rings. The second-order valence-electron chi connectivity index (χ2n) is 6.76. The number of benzene rings is 1. The van der Waals surface area contributed by atoms with Gasteiger partial charge in [0.2, 0.25) is 5.88 Å². The van der Waals surface area contributed by atoms with Gasteiger partial charge in [-0.25, -0.2) is 4.79 Å². The minimum absolute atomic E-state index is 0.0728. The van der Waals surface area contributed by atoms with E-state index in [-0.39, 0.29) is 17.0 Å². The molecular formula is C22H26N2O5. The third-order valence-electron chi connectivity index (χ3n) is 5.13. The van der Waals surface area contributed by atoms with Crippen LogP contribution in [0, 0.1) is 0 Å². The number of nitrogens with zero attached hydrogens (tertiary/aromatic N) is 1. The van der Waals surface area contributed by atoms with Crippen molar-refractivity contribution in [3.05, 3.63) is 69.0 Å². The number of hydrogen-bond acceptors (Lipinski definition) is 6. The number of esters is 1. The highest BCUT2D eigenvalue weighted by Crippen LogP contribution is 2.44. The van der Waals surface area contributed by atoms with E-state index < -0.39 is 11.9 Å². The van der Waals surface area contributed by atoms with E-state index in [2.05, 4.69) is 0 Å². The first-order chi connectivity index (χ1) is 14.0. The molecule has 1 atom stereocenters. The molecule has 1 unspecified atom stereocenters. The van der Waals surface area contributed by atoms with Gasteiger partial charge in [0.05, 0.1) is 25.7 Å². The summed E-state index contributed by atoms with van der Waals surface area (Å²) in [6.07, 6.45) is 1.61. The molecule has 0 spiro atoms. The van der Waals surface area contributed by atoms with Gasteiger partial charge in [-0.2, -0.15) is 0 Å². The lowest BCUT2D eigenvalue weighted by molar-refractivity contribution is -0.136. The Bertz CT molecular complexity index is 1020. The summed E-state index contributed by atoms with van der Waals surface area (Å²) >= 11 is 0. The minimum Gasteiger partial charge on any atom is -0.496 e. The molecular weight excluding hydrogens is 372 g/mol. The second kappa shape index (κ2) is 8.43. The van der Waals surface area contributed by atoms with Gasteiger partial charge in [-0.3, -0.25) is 4.79 Å². The number of fused-ring (bicyclic) bond motifs is 1. The van der Waals surface area contributed by atoms with Crippen LogP contribution in [-0.2, 0) is 22.5 Å². The fourth-order valence-corrected chi connectivity index (χ4v) is 3.85. The maximum absolute atomic E-state index is 13.5. The van der Waals surface area contributed by atoms with Crippen LogP contribution in [0.1, 0.15) is 43.0 Å². The highest BCUT2D eigenvalue weighted by Gasteiger charge is 2.39. The summed E-state index contributed by atoms with van der Waals surface area (Å²) in [7, 11) is 2.81. The topological polar surface area (TPSA) is 92.8 Å². The van der Waals surface area contributed by atoms with Crippen LogP contribution in [0.3, 0.4) is 0 Å². The molecule has 2 aromatic rings. The minimum atomic E-state index is -0.761. The van der Waals surface area contributed by atoms with Crippen molar-refractivity contribution in [2.75, 3.05) is 14.2 Å². The van der Waals surface area contributed by atoms with Crippen molar-refractivity contribution >= 4 is 5.97 Å². The van der Waals surface area contributed by atoms with E-state index >= 15 is 0 Å². The summed E-state index contributed by atoms with van der Waals surface area (Å²) in [6.45, 7) is 4.47. The Labute approximate surface area is 169 Å². The Morgan fingerprint density at radius 1 is 1.24 bits per heavy atom. The third kappa shape index (κ3) is 3.48. The van der Waals surface area contributed by atoms with Gasteiger partial charge in [0.1, 0.15) is 17.1 Å². The molecule has 0 saturated heterocycles. The lowest BCUT2D eigenvalue weighted by atomic mass is 9.82. The molecule has 154 valence electrons. The van der Waals surface area contributed by atoms with Gasteiger partial charge < -0.3 is 24.5 Å². The lowest BCUT2D eigenvalue weighted by Gasteiger charge is -2.29. The summed E-state index contributed by atoms with van der Waals surface area (Å²) in [5, 5.41) is 0. The Hall–Kier alpha value is -3.22. The van der Waals surface area contributed by atoms with Crippen LogP contribution in [0.15, 0.2) is 46.6 Å². The van der Waals surface area contributed by atoms with Crippen molar-refractivity contribution < 1.29 is 19.0 Å². The number of ether oxygens (including phenoxy) is 3. The van der Waals surface area contributed by atoms with Gasteiger partial charge in [-0.1, -0.05) is 31.5 Å². The van der Waals surface area contributed by atoms with Crippen molar-refractivity contribution in [3.63, 3.8) is 0 Å². The molecule has 7 nitrogen and oxygen atoms in total. The third-order valence-corrected chi connectivity index (χ3v) is 5.13. The molecule has 0 radical (unpaired) electrons. The zero-order valence-electron chi connectivity index (χ0n) is 17.2. The van der Waals surface area contributed by atoms with Gasteiger partial charge in [0.25, 0.3) is 5.56 Å². The fourth-order valence-electron chi connectivity index (χ4n) is 3.85. The predicted molar refractivity (Wildman–Crippen MR) is 109 cm³/mol. The molecule has 7 heteroatoms.